The van der Waals surface area contributed by atoms with Crippen molar-refractivity contribution >= 4 is 35.0 Å². The van der Waals surface area contributed by atoms with Crippen LogP contribution < -0.4 is 0 Å². The summed E-state index contributed by atoms with van der Waals surface area (Å²) in [6.07, 6.45) is -1.29. The second kappa shape index (κ2) is 7.21. The van der Waals surface area contributed by atoms with E-state index in [1.807, 2.05) is 13.8 Å². The standard InChI is InChI=1S/C15H17Cl2FN2OS/c1-8(2)14-15(20(9(3)18)13(7-21)19-14)22-12-5-10(16)4-11(17)6-12/h4-6,8-9,21H,7H2,1-3H3. The molecule has 1 aromatic heterocycles. The summed E-state index contributed by atoms with van der Waals surface area (Å²) < 4.78 is 15.4. The lowest BCUT2D eigenvalue weighted by Gasteiger charge is -2.14. The lowest BCUT2D eigenvalue weighted by Crippen LogP contribution is -2.06. The highest BCUT2D eigenvalue weighted by atomic mass is 35.5. The Morgan fingerprint density at radius 3 is 2.27 bits per heavy atom. The van der Waals surface area contributed by atoms with E-state index in [0.717, 1.165) is 10.6 Å². The average molecular weight is 363 g/mol. The third kappa shape index (κ3) is 3.77. The molecule has 0 aliphatic carbocycles. The van der Waals surface area contributed by atoms with E-state index < -0.39 is 6.30 Å². The SMILES string of the molecule is CC(C)c1nc(CO)n(C(C)F)c1Sc1cc(Cl)cc(Cl)c1. The molecule has 1 atom stereocenters. The van der Waals surface area contributed by atoms with E-state index >= 15 is 0 Å². The number of imidazole rings is 1. The average Bonchev–Trinajstić information content (AvgIpc) is 2.76. The molecule has 0 fully saturated rings. The van der Waals surface area contributed by atoms with Gasteiger partial charge in [0.25, 0.3) is 0 Å². The molecule has 0 bridgehead atoms. The van der Waals surface area contributed by atoms with Gasteiger partial charge >= 0.3 is 0 Å². The van der Waals surface area contributed by atoms with E-state index in [2.05, 4.69) is 4.98 Å². The van der Waals surface area contributed by atoms with Crippen molar-refractivity contribution in [3.8, 4) is 0 Å². The summed E-state index contributed by atoms with van der Waals surface area (Å²) in [5.74, 6) is 0.414. The van der Waals surface area contributed by atoms with Crippen molar-refractivity contribution < 1.29 is 9.50 Å². The van der Waals surface area contributed by atoms with Gasteiger partial charge in [-0.2, -0.15) is 0 Å². The first-order valence-electron chi connectivity index (χ1n) is 6.83. The lowest BCUT2D eigenvalue weighted by molar-refractivity contribution is 0.213. The fourth-order valence-electron chi connectivity index (χ4n) is 2.14. The Morgan fingerprint density at radius 1 is 1.23 bits per heavy atom. The van der Waals surface area contributed by atoms with Crippen LogP contribution in [-0.2, 0) is 6.61 Å². The maximum absolute atomic E-state index is 14.0. The van der Waals surface area contributed by atoms with Gasteiger partial charge in [0.05, 0.1) is 5.69 Å². The molecule has 22 heavy (non-hydrogen) atoms. The van der Waals surface area contributed by atoms with Gasteiger partial charge in [0.15, 0.2) is 6.30 Å². The third-order valence-electron chi connectivity index (χ3n) is 3.06. The van der Waals surface area contributed by atoms with Crippen LogP contribution in [-0.4, -0.2) is 14.7 Å². The first-order valence-corrected chi connectivity index (χ1v) is 8.40. The van der Waals surface area contributed by atoms with Crippen molar-refractivity contribution in [1.29, 1.82) is 0 Å². The van der Waals surface area contributed by atoms with E-state index in [1.165, 1.54) is 23.3 Å². The molecule has 1 unspecified atom stereocenters. The van der Waals surface area contributed by atoms with E-state index in [4.69, 9.17) is 23.2 Å². The van der Waals surface area contributed by atoms with Crippen molar-refractivity contribution in [1.82, 2.24) is 9.55 Å². The van der Waals surface area contributed by atoms with Crippen LogP contribution in [0, 0.1) is 0 Å². The lowest BCUT2D eigenvalue weighted by atomic mass is 10.1. The minimum absolute atomic E-state index is 0.0995. The van der Waals surface area contributed by atoms with Crippen molar-refractivity contribution in [2.75, 3.05) is 0 Å². The van der Waals surface area contributed by atoms with Gasteiger partial charge in [-0.05, 0) is 31.0 Å². The fraction of sp³-hybridized carbons (Fsp3) is 0.400. The Labute approximate surface area is 143 Å². The molecule has 120 valence electrons. The minimum Gasteiger partial charge on any atom is -0.388 e. The monoisotopic (exact) mass is 362 g/mol. The van der Waals surface area contributed by atoms with Crippen LogP contribution in [0.4, 0.5) is 4.39 Å². The van der Waals surface area contributed by atoms with Crippen molar-refractivity contribution in [3.63, 3.8) is 0 Å². The fourth-order valence-corrected chi connectivity index (χ4v) is 4.12. The van der Waals surface area contributed by atoms with Crippen molar-refractivity contribution in [2.45, 2.75) is 49.5 Å². The first-order chi connectivity index (χ1) is 10.3. The Kier molecular flexibility index (Phi) is 5.77. The zero-order valence-corrected chi connectivity index (χ0v) is 14.8. The summed E-state index contributed by atoms with van der Waals surface area (Å²) in [6, 6.07) is 5.17. The molecule has 3 nitrogen and oxygen atoms in total. The normalized spacial score (nSPS) is 12.9. The van der Waals surface area contributed by atoms with Crippen LogP contribution in [0.15, 0.2) is 28.1 Å². The van der Waals surface area contributed by atoms with Gasteiger partial charge in [0.1, 0.15) is 17.5 Å². The molecule has 0 aliphatic heterocycles. The minimum atomic E-state index is -1.29. The van der Waals surface area contributed by atoms with Crippen molar-refractivity contribution in [3.05, 3.63) is 39.8 Å². The Balaban J connectivity index is 2.54. The number of hydrogen-bond donors (Lipinski definition) is 1. The van der Waals surface area contributed by atoms with Gasteiger partial charge < -0.3 is 5.11 Å². The van der Waals surface area contributed by atoms with Crippen LogP contribution in [0.3, 0.4) is 0 Å². The maximum atomic E-state index is 14.0. The molecule has 0 saturated carbocycles. The van der Waals surface area contributed by atoms with Gasteiger partial charge in [0.2, 0.25) is 0 Å². The smallest absolute Gasteiger partial charge is 0.175 e. The number of rotatable bonds is 5. The molecule has 2 aromatic rings. The summed E-state index contributed by atoms with van der Waals surface area (Å²) in [4.78, 5) is 5.17. The molecule has 1 aromatic carbocycles. The number of aliphatic hydroxyl groups is 1. The zero-order chi connectivity index (χ0) is 16.4. The summed E-state index contributed by atoms with van der Waals surface area (Å²) in [7, 11) is 0. The first kappa shape index (κ1) is 17.6. The summed E-state index contributed by atoms with van der Waals surface area (Å²) >= 11 is 13.4. The highest BCUT2D eigenvalue weighted by Gasteiger charge is 2.23. The number of alkyl halides is 1. The van der Waals surface area contributed by atoms with Crippen LogP contribution in [0.25, 0.3) is 0 Å². The summed E-state index contributed by atoms with van der Waals surface area (Å²) in [5.41, 5.74) is 0.745. The number of benzene rings is 1. The molecular formula is C15H17Cl2FN2OS. The number of halogens is 3. The molecule has 7 heteroatoms. The quantitative estimate of drug-likeness (QED) is 0.768. The van der Waals surface area contributed by atoms with E-state index in [9.17, 15) is 9.50 Å². The Morgan fingerprint density at radius 2 is 1.82 bits per heavy atom. The third-order valence-corrected chi connectivity index (χ3v) is 4.57. The molecular weight excluding hydrogens is 346 g/mol. The van der Waals surface area contributed by atoms with Crippen LogP contribution >= 0.6 is 35.0 Å². The second-order valence-corrected chi connectivity index (χ2v) is 7.12. The predicted molar refractivity (Wildman–Crippen MR) is 88.6 cm³/mol. The predicted octanol–water partition coefficient (Wildman–Crippen LogP) is 5.44. The zero-order valence-electron chi connectivity index (χ0n) is 12.5. The van der Waals surface area contributed by atoms with Gasteiger partial charge in [-0.15, -0.1) is 0 Å². The number of hydrogen-bond acceptors (Lipinski definition) is 3. The van der Waals surface area contributed by atoms with E-state index in [0.29, 0.717) is 20.9 Å². The maximum Gasteiger partial charge on any atom is 0.175 e. The number of nitrogens with zero attached hydrogens (tertiary/aromatic N) is 2. The largest absolute Gasteiger partial charge is 0.388 e. The van der Waals surface area contributed by atoms with E-state index in [1.54, 1.807) is 18.2 Å². The number of aromatic nitrogens is 2. The molecule has 0 amide bonds. The topological polar surface area (TPSA) is 38.1 Å². The Bertz CT molecular complexity index is 654. The van der Waals surface area contributed by atoms with E-state index in [-0.39, 0.29) is 12.5 Å². The molecule has 0 saturated heterocycles. The van der Waals surface area contributed by atoms with Gasteiger partial charge in [-0.25, -0.2) is 9.37 Å². The van der Waals surface area contributed by atoms with Crippen LogP contribution in [0.2, 0.25) is 10.0 Å². The molecule has 1 heterocycles. The second-order valence-electron chi connectivity index (χ2n) is 5.18. The molecule has 0 spiro atoms. The molecule has 2 rings (SSSR count). The summed E-state index contributed by atoms with van der Waals surface area (Å²) in [6.45, 7) is 5.06. The van der Waals surface area contributed by atoms with Gasteiger partial charge in [0, 0.05) is 14.9 Å². The van der Waals surface area contributed by atoms with Crippen LogP contribution in [0.1, 0.15) is 44.5 Å². The summed E-state index contributed by atoms with van der Waals surface area (Å²) in [5, 5.41) is 11.1. The van der Waals surface area contributed by atoms with Gasteiger partial charge in [-0.3, -0.25) is 4.57 Å². The number of aliphatic hydroxyl groups excluding tert-OH is 1. The molecule has 0 radical (unpaired) electrons. The molecule has 0 aliphatic rings. The highest BCUT2D eigenvalue weighted by Crippen LogP contribution is 2.38. The van der Waals surface area contributed by atoms with Gasteiger partial charge in [-0.1, -0.05) is 48.8 Å². The highest BCUT2D eigenvalue weighted by molar-refractivity contribution is 7.99. The van der Waals surface area contributed by atoms with Crippen molar-refractivity contribution in [2.24, 2.45) is 0 Å². The Hall–Kier alpha value is -0.750. The molecule has 1 N–H and O–H groups in total. The van der Waals surface area contributed by atoms with Crippen LogP contribution in [0.5, 0.6) is 0 Å².